The Labute approximate surface area is 129 Å². The van der Waals surface area contributed by atoms with E-state index in [4.69, 9.17) is 5.11 Å². The number of nitrogens with zero attached hydrogens (tertiary/aromatic N) is 1. The molecule has 1 aliphatic carbocycles. The van der Waals surface area contributed by atoms with E-state index in [1.807, 2.05) is 0 Å². The molecule has 124 valence electrons. The predicted octanol–water partition coefficient (Wildman–Crippen LogP) is 1.19. The van der Waals surface area contributed by atoms with Gasteiger partial charge < -0.3 is 10.0 Å². The molecule has 0 spiro atoms. The fourth-order valence-corrected chi connectivity index (χ4v) is 4.95. The molecular weight excluding hydrogens is 288 g/mol. The third-order valence-corrected chi connectivity index (χ3v) is 6.45. The van der Waals surface area contributed by atoms with E-state index in [9.17, 15) is 8.42 Å². The molecule has 0 bridgehead atoms. The van der Waals surface area contributed by atoms with Crippen molar-refractivity contribution >= 4 is 10.0 Å². The Bertz CT molecular complexity index is 386. The van der Waals surface area contributed by atoms with Gasteiger partial charge in [-0.1, -0.05) is 19.3 Å². The van der Waals surface area contributed by atoms with Crippen LogP contribution in [0.25, 0.3) is 0 Å². The van der Waals surface area contributed by atoms with Crippen LogP contribution in [0.5, 0.6) is 0 Å². The van der Waals surface area contributed by atoms with Crippen LogP contribution in [0.15, 0.2) is 0 Å². The van der Waals surface area contributed by atoms with Crippen LogP contribution in [-0.2, 0) is 10.0 Å². The van der Waals surface area contributed by atoms with Gasteiger partial charge in [-0.3, -0.25) is 0 Å². The van der Waals surface area contributed by atoms with Crippen LogP contribution in [0.4, 0.5) is 0 Å². The molecule has 2 fully saturated rings. The molecule has 0 unspecified atom stereocenters. The standard InChI is InChI=1S/C15H30N2O3S/c18-12-14-6-9-17(10-7-14)11-8-16-21(19,20)13-15-4-2-1-3-5-15/h14-16,18H,1-13H2. The highest BCUT2D eigenvalue weighted by Crippen LogP contribution is 2.24. The van der Waals surface area contributed by atoms with E-state index in [0.717, 1.165) is 45.3 Å². The lowest BCUT2D eigenvalue weighted by molar-refractivity contribution is 0.133. The van der Waals surface area contributed by atoms with Gasteiger partial charge in [0.15, 0.2) is 0 Å². The first kappa shape index (κ1) is 17.2. The number of hydrogen-bond acceptors (Lipinski definition) is 4. The highest BCUT2D eigenvalue weighted by Gasteiger charge is 2.22. The maximum absolute atomic E-state index is 12.1. The Morgan fingerprint density at radius 2 is 1.67 bits per heavy atom. The van der Waals surface area contributed by atoms with Gasteiger partial charge in [-0.05, 0) is 50.6 Å². The predicted molar refractivity (Wildman–Crippen MR) is 84.6 cm³/mol. The van der Waals surface area contributed by atoms with Gasteiger partial charge in [0, 0.05) is 19.7 Å². The minimum atomic E-state index is -3.11. The fraction of sp³-hybridized carbons (Fsp3) is 1.00. The van der Waals surface area contributed by atoms with Gasteiger partial charge >= 0.3 is 0 Å². The normalized spacial score (nSPS) is 23.5. The van der Waals surface area contributed by atoms with Crippen LogP contribution < -0.4 is 4.72 Å². The largest absolute Gasteiger partial charge is 0.396 e. The van der Waals surface area contributed by atoms with Crippen molar-refractivity contribution in [3.05, 3.63) is 0 Å². The van der Waals surface area contributed by atoms with Gasteiger partial charge in [0.1, 0.15) is 0 Å². The first-order valence-corrected chi connectivity index (χ1v) is 10.0. The van der Waals surface area contributed by atoms with E-state index in [0.29, 0.717) is 24.1 Å². The molecule has 1 heterocycles. The van der Waals surface area contributed by atoms with Crippen molar-refractivity contribution in [2.24, 2.45) is 11.8 Å². The summed E-state index contributed by atoms with van der Waals surface area (Å²) in [5.74, 6) is 1.10. The lowest BCUT2D eigenvalue weighted by Crippen LogP contribution is -2.41. The molecular formula is C15H30N2O3S. The maximum atomic E-state index is 12.1. The molecule has 0 aromatic rings. The monoisotopic (exact) mass is 318 g/mol. The molecule has 0 aromatic carbocycles. The van der Waals surface area contributed by atoms with Gasteiger partial charge in [0.25, 0.3) is 0 Å². The van der Waals surface area contributed by atoms with Crippen LogP contribution in [0.1, 0.15) is 44.9 Å². The SMILES string of the molecule is O=S(=O)(CC1CCCCC1)NCCN1CCC(CO)CC1. The van der Waals surface area contributed by atoms with Gasteiger partial charge in [-0.2, -0.15) is 0 Å². The third-order valence-electron chi connectivity index (χ3n) is 4.90. The summed E-state index contributed by atoms with van der Waals surface area (Å²) in [7, 11) is -3.11. The van der Waals surface area contributed by atoms with Crippen molar-refractivity contribution < 1.29 is 13.5 Å². The minimum absolute atomic E-state index is 0.280. The van der Waals surface area contributed by atoms with Crippen LogP contribution in [-0.4, -0.2) is 57.0 Å². The molecule has 0 amide bonds. The molecule has 0 aromatic heterocycles. The van der Waals surface area contributed by atoms with Gasteiger partial charge in [-0.15, -0.1) is 0 Å². The average Bonchev–Trinajstić information content (AvgIpc) is 2.48. The second-order valence-corrected chi connectivity index (χ2v) is 8.50. The van der Waals surface area contributed by atoms with Crippen molar-refractivity contribution in [3.63, 3.8) is 0 Å². The zero-order chi connectivity index (χ0) is 15.1. The van der Waals surface area contributed by atoms with Gasteiger partial charge in [0.2, 0.25) is 10.0 Å². The molecule has 0 atom stereocenters. The molecule has 5 nitrogen and oxygen atoms in total. The summed E-state index contributed by atoms with van der Waals surface area (Å²) in [6.07, 6.45) is 7.79. The summed E-state index contributed by atoms with van der Waals surface area (Å²) in [5.41, 5.74) is 0. The molecule has 1 aliphatic heterocycles. The Morgan fingerprint density at radius 3 is 2.29 bits per heavy atom. The quantitative estimate of drug-likeness (QED) is 0.740. The molecule has 2 aliphatic rings. The smallest absolute Gasteiger partial charge is 0.211 e. The van der Waals surface area contributed by atoms with E-state index in [-0.39, 0.29) is 6.61 Å². The topological polar surface area (TPSA) is 69.6 Å². The lowest BCUT2D eigenvalue weighted by atomic mass is 9.91. The molecule has 1 saturated carbocycles. The Balaban J connectivity index is 1.63. The Hall–Kier alpha value is -0.170. The van der Waals surface area contributed by atoms with Crippen molar-refractivity contribution in [1.29, 1.82) is 0 Å². The van der Waals surface area contributed by atoms with Crippen LogP contribution in [0.2, 0.25) is 0 Å². The van der Waals surface area contributed by atoms with Crippen molar-refractivity contribution in [3.8, 4) is 0 Å². The molecule has 2 rings (SSSR count). The van der Waals surface area contributed by atoms with E-state index < -0.39 is 10.0 Å². The van der Waals surface area contributed by atoms with Crippen LogP contribution in [0.3, 0.4) is 0 Å². The first-order valence-electron chi connectivity index (χ1n) is 8.39. The Kier molecular flexibility index (Phi) is 6.92. The van der Waals surface area contributed by atoms with Crippen LogP contribution >= 0.6 is 0 Å². The third kappa shape index (κ3) is 6.22. The average molecular weight is 318 g/mol. The van der Waals surface area contributed by atoms with Crippen LogP contribution in [0, 0.1) is 11.8 Å². The lowest BCUT2D eigenvalue weighted by Gasteiger charge is -2.31. The number of hydrogen-bond donors (Lipinski definition) is 2. The summed E-state index contributed by atoms with van der Waals surface area (Å²) >= 11 is 0. The second kappa shape index (κ2) is 8.46. The second-order valence-electron chi connectivity index (χ2n) is 6.65. The zero-order valence-corrected chi connectivity index (χ0v) is 13.8. The van der Waals surface area contributed by atoms with E-state index in [1.54, 1.807) is 0 Å². The summed E-state index contributed by atoms with van der Waals surface area (Å²) in [6.45, 7) is 3.51. The number of aliphatic hydroxyl groups excluding tert-OH is 1. The number of likely N-dealkylation sites (tertiary alicyclic amines) is 1. The number of sulfonamides is 1. The van der Waals surface area contributed by atoms with E-state index in [1.165, 1.54) is 19.3 Å². The zero-order valence-electron chi connectivity index (χ0n) is 13.0. The number of nitrogens with one attached hydrogen (secondary N) is 1. The van der Waals surface area contributed by atoms with E-state index in [2.05, 4.69) is 9.62 Å². The molecule has 1 saturated heterocycles. The molecule has 2 N–H and O–H groups in total. The number of rotatable bonds is 7. The Morgan fingerprint density at radius 1 is 1.00 bits per heavy atom. The summed E-state index contributed by atoms with van der Waals surface area (Å²) in [6, 6.07) is 0. The maximum Gasteiger partial charge on any atom is 0.211 e. The number of aliphatic hydroxyl groups is 1. The minimum Gasteiger partial charge on any atom is -0.396 e. The summed E-state index contributed by atoms with van der Waals surface area (Å²) in [4.78, 5) is 2.29. The van der Waals surface area contributed by atoms with Crippen molar-refractivity contribution in [2.75, 3.05) is 38.5 Å². The molecule has 21 heavy (non-hydrogen) atoms. The fourth-order valence-electron chi connectivity index (χ4n) is 3.47. The highest BCUT2D eigenvalue weighted by atomic mass is 32.2. The van der Waals surface area contributed by atoms with Gasteiger partial charge in [0.05, 0.1) is 5.75 Å². The summed E-state index contributed by atoms with van der Waals surface area (Å²) < 4.78 is 26.9. The van der Waals surface area contributed by atoms with E-state index >= 15 is 0 Å². The molecule has 6 heteroatoms. The highest BCUT2D eigenvalue weighted by molar-refractivity contribution is 7.89. The summed E-state index contributed by atoms with van der Waals surface area (Å²) in [5, 5.41) is 9.11. The van der Waals surface area contributed by atoms with Gasteiger partial charge in [-0.25, -0.2) is 13.1 Å². The van der Waals surface area contributed by atoms with Crippen molar-refractivity contribution in [2.45, 2.75) is 44.9 Å². The number of piperidine rings is 1. The first-order chi connectivity index (χ1) is 10.1. The molecule has 0 radical (unpaired) electrons. The van der Waals surface area contributed by atoms with Crippen molar-refractivity contribution in [1.82, 2.24) is 9.62 Å².